The summed E-state index contributed by atoms with van der Waals surface area (Å²) in [5, 5.41) is 5.43. The predicted molar refractivity (Wildman–Crippen MR) is 126 cm³/mol. The van der Waals surface area contributed by atoms with Crippen LogP contribution < -0.4 is 14.9 Å². The number of carbonyl (C=O) groups is 1. The summed E-state index contributed by atoms with van der Waals surface area (Å²) in [6.07, 6.45) is 2.26. The van der Waals surface area contributed by atoms with E-state index in [0.717, 1.165) is 35.7 Å². The van der Waals surface area contributed by atoms with Crippen LogP contribution in [-0.2, 0) is 14.8 Å². The second-order valence-electron chi connectivity index (χ2n) is 8.47. The molecule has 33 heavy (non-hydrogen) atoms. The van der Waals surface area contributed by atoms with Crippen molar-refractivity contribution in [3.05, 3.63) is 71.0 Å². The molecule has 2 saturated heterocycles. The number of sulfonamides is 1. The molecular weight excluding hydrogens is 465 g/mol. The Kier molecular flexibility index (Phi) is 5.86. The Hall–Kier alpha value is -2.52. The molecule has 0 spiro atoms. The minimum Gasteiger partial charge on any atom is -0.310 e. The number of halogens is 2. The first-order valence-corrected chi connectivity index (χ1v) is 12.7. The number of anilines is 1. The van der Waals surface area contributed by atoms with Crippen LogP contribution in [0.3, 0.4) is 0 Å². The van der Waals surface area contributed by atoms with Crippen LogP contribution in [0.2, 0.25) is 5.02 Å². The van der Waals surface area contributed by atoms with Crippen LogP contribution in [0.15, 0.2) is 59.5 Å². The van der Waals surface area contributed by atoms with Gasteiger partial charge in [0, 0.05) is 17.6 Å². The fourth-order valence-electron chi connectivity index (χ4n) is 4.57. The van der Waals surface area contributed by atoms with Crippen LogP contribution in [-0.4, -0.2) is 33.5 Å². The smallest absolute Gasteiger partial charge is 0.245 e. The Morgan fingerprint density at radius 2 is 1.82 bits per heavy atom. The van der Waals surface area contributed by atoms with E-state index < -0.39 is 27.8 Å². The van der Waals surface area contributed by atoms with E-state index in [9.17, 15) is 17.6 Å². The summed E-state index contributed by atoms with van der Waals surface area (Å²) in [5.41, 5.74) is 1.03. The van der Waals surface area contributed by atoms with Crippen molar-refractivity contribution >= 4 is 44.0 Å². The molecule has 3 aromatic rings. The average molecular weight is 488 g/mol. The number of hydrogen-bond donors (Lipinski definition) is 2. The van der Waals surface area contributed by atoms with Gasteiger partial charge in [0.15, 0.2) is 0 Å². The van der Waals surface area contributed by atoms with Crippen molar-refractivity contribution in [2.45, 2.75) is 36.2 Å². The second-order valence-corrected chi connectivity index (χ2v) is 10.6. The van der Waals surface area contributed by atoms with Gasteiger partial charge in [0.2, 0.25) is 15.9 Å². The van der Waals surface area contributed by atoms with E-state index >= 15 is 0 Å². The molecule has 1 amide bonds. The van der Waals surface area contributed by atoms with Crippen LogP contribution in [0.5, 0.6) is 0 Å². The van der Waals surface area contributed by atoms with E-state index in [2.05, 4.69) is 10.0 Å². The summed E-state index contributed by atoms with van der Waals surface area (Å²) in [5.74, 6) is -0.942. The van der Waals surface area contributed by atoms with Crippen LogP contribution in [0, 0.1) is 5.82 Å². The molecule has 2 N–H and O–H groups in total. The zero-order valence-electron chi connectivity index (χ0n) is 17.7. The van der Waals surface area contributed by atoms with E-state index in [0.29, 0.717) is 5.02 Å². The van der Waals surface area contributed by atoms with Crippen molar-refractivity contribution in [1.82, 2.24) is 10.0 Å². The molecule has 2 aliphatic heterocycles. The molecule has 0 unspecified atom stereocenters. The van der Waals surface area contributed by atoms with E-state index in [1.165, 1.54) is 17.0 Å². The summed E-state index contributed by atoms with van der Waals surface area (Å²) in [6, 6.07) is 13.9. The maximum Gasteiger partial charge on any atom is 0.245 e. The number of amides is 1. The molecule has 9 heteroatoms. The quantitative estimate of drug-likeness (QED) is 0.567. The van der Waals surface area contributed by atoms with Gasteiger partial charge in [-0.15, -0.1) is 0 Å². The molecule has 6 nitrogen and oxygen atoms in total. The molecule has 0 bridgehead atoms. The molecule has 3 aromatic carbocycles. The molecule has 2 atom stereocenters. The first-order valence-electron chi connectivity index (χ1n) is 10.9. The minimum absolute atomic E-state index is 0.0585. The highest BCUT2D eigenvalue weighted by molar-refractivity contribution is 7.89. The van der Waals surface area contributed by atoms with E-state index in [4.69, 9.17) is 11.6 Å². The van der Waals surface area contributed by atoms with Crippen molar-refractivity contribution < 1.29 is 17.6 Å². The summed E-state index contributed by atoms with van der Waals surface area (Å²) in [4.78, 5) is 14.3. The van der Waals surface area contributed by atoms with Crippen LogP contribution in [0.4, 0.5) is 10.1 Å². The van der Waals surface area contributed by atoms with Gasteiger partial charge in [-0.3, -0.25) is 4.79 Å². The Balaban J connectivity index is 1.33. The number of hydrogen-bond acceptors (Lipinski definition) is 4. The first-order chi connectivity index (χ1) is 15.8. The highest BCUT2D eigenvalue weighted by atomic mass is 35.5. The third kappa shape index (κ3) is 4.36. The Morgan fingerprint density at radius 3 is 2.58 bits per heavy atom. The Morgan fingerprint density at radius 1 is 1.03 bits per heavy atom. The van der Waals surface area contributed by atoms with Crippen molar-refractivity contribution in [2.75, 3.05) is 18.0 Å². The molecule has 0 aromatic heterocycles. The van der Waals surface area contributed by atoms with E-state index in [1.54, 1.807) is 36.4 Å². The lowest BCUT2D eigenvalue weighted by Crippen LogP contribution is -2.41. The van der Waals surface area contributed by atoms with Gasteiger partial charge in [-0.2, -0.15) is 4.72 Å². The predicted octanol–water partition coefficient (Wildman–Crippen LogP) is 4.14. The number of fused-ring (bicyclic) bond motifs is 1. The van der Waals surface area contributed by atoms with Crippen molar-refractivity contribution in [2.24, 2.45) is 0 Å². The lowest BCUT2D eigenvalue weighted by Gasteiger charge is -2.20. The second kappa shape index (κ2) is 8.68. The van der Waals surface area contributed by atoms with Gasteiger partial charge < -0.3 is 10.2 Å². The van der Waals surface area contributed by atoms with Crippen molar-refractivity contribution in [3.8, 4) is 0 Å². The zero-order valence-corrected chi connectivity index (χ0v) is 19.3. The molecular formula is C24H23ClFN3O3S. The van der Waals surface area contributed by atoms with Crippen molar-refractivity contribution in [1.29, 1.82) is 0 Å². The highest BCUT2D eigenvalue weighted by Gasteiger charge is 2.37. The Labute approximate surface area is 196 Å². The lowest BCUT2D eigenvalue weighted by molar-refractivity contribution is -0.118. The molecule has 0 aliphatic carbocycles. The summed E-state index contributed by atoms with van der Waals surface area (Å²) >= 11 is 5.99. The normalized spacial score (nSPS) is 21.3. The van der Waals surface area contributed by atoms with Crippen molar-refractivity contribution in [3.63, 3.8) is 0 Å². The number of nitrogens with one attached hydrogen (secondary N) is 2. The number of carbonyl (C=O) groups excluding carboxylic acids is 1. The standard InChI is InChI=1S/C24H23ClFN3O3S/c25-18-6-3-16-13-19(7-4-15(16)12-18)33(31,32)28-22-9-11-29(24(22)30)23-8-5-17(14-20(23)26)21-2-1-10-27-21/h3-8,12-14,21-22,27-28H,1-2,9-11H2/t21-,22-/m0/s1. The third-order valence-electron chi connectivity index (χ3n) is 6.31. The average Bonchev–Trinajstić information content (AvgIpc) is 3.44. The first kappa shape index (κ1) is 22.3. The van der Waals surface area contributed by atoms with Gasteiger partial charge in [0.25, 0.3) is 0 Å². The fraction of sp³-hybridized carbons (Fsp3) is 0.292. The fourth-order valence-corrected chi connectivity index (χ4v) is 6.01. The number of nitrogens with zero attached hydrogens (tertiary/aromatic N) is 1. The van der Waals surface area contributed by atoms with Gasteiger partial charge in [0.05, 0.1) is 10.6 Å². The molecule has 5 rings (SSSR count). The maximum absolute atomic E-state index is 14.9. The number of rotatable bonds is 5. The largest absolute Gasteiger partial charge is 0.310 e. The zero-order chi connectivity index (χ0) is 23.2. The van der Waals surface area contributed by atoms with Gasteiger partial charge >= 0.3 is 0 Å². The molecule has 2 fully saturated rings. The molecule has 2 aliphatic rings. The number of benzene rings is 3. The molecule has 0 saturated carbocycles. The lowest BCUT2D eigenvalue weighted by atomic mass is 10.0. The highest BCUT2D eigenvalue weighted by Crippen LogP contribution is 2.30. The van der Waals surface area contributed by atoms with Crippen LogP contribution >= 0.6 is 11.6 Å². The van der Waals surface area contributed by atoms with Crippen LogP contribution in [0.25, 0.3) is 10.8 Å². The van der Waals surface area contributed by atoms with Crippen LogP contribution in [0.1, 0.15) is 30.9 Å². The maximum atomic E-state index is 14.9. The molecule has 172 valence electrons. The molecule has 2 heterocycles. The van der Waals surface area contributed by atoms with Gasteiger partial charge in [-0.1, -0.05) is 29.8 Å². The van der Waals surface area contributed by atoms with Gasteiger partial charge in [0.1, 0.15) is 11.9 Å². The SMILES string of the molecule is O=C1[C@@H](NS(=O)(=O)c2ccc3cc(Cl)ccc3c2)CCN1c1ccc([C@@H]2CCCN2)cc1F. The monoisotopic (exact) mass is 487 g/mol. The van der Waals surface area contributed by atoms with Gasteiger partial charge in [-0.05, 0) is 78.5 Å². The summed E-state index contributed by atoms with van der Waals surface area (Å²) in [7, 11) is -3.94. The van der Waals surface area contributed by atoms with E-state index in [-0.39, 0.29) is 29.6 Å². The minimum atomic E-state index is -3.94. The van der Waals surface area contributed by atoms with E-state index in [1.807, 2.05) is 6.07 Å². The third-order valence-corrected chi connectivity index (χ3v) is 8.02. The summed E-state index contributed by atoms with van der Waals surface area (Å²) < 4.78 is 43.3. The Bertz CT molecular complexity index is 1340. The molecule has 0 radical (unpaired) electrons. The summed E-state index contributed by atoms with van der Waals surface area (Å²) in [6.45, 7) is 1.14. The van der Waals surface area contributed by atoms with Gasteiger partial charge in [-0.25, -0.2) is 12.8 Å². The topological polar surface area (TPSA) is 78.5 Å².